The van der Waals surface area contributed by atoms with Crippen molar-refractivity contribution in [1.29, 1.82) is 0 Å². The quantitative estimate of drug-likeness (QED) is 0.834. The van der Waals surface area contributed by atoms with Gasteiger partial charge in [-0.2, -0.15) is 0 Å². The van der Waals surface area contributed by atoms with E-state index in [0.717, 1.165) is 5.56 Å². The Labute approximate surface area is 108 Å². The van der Waals surface area contributed by atoms with Crippen molar-refractivity contribution >= 4 is 26.5 Å². The summed E-state index contributed by atoms with van der Waals surface area (Å²) in [6, 6.07) is 6.49. The van der Waals surface area contributed by atoms with Gasteiger partial charge in [-0.25, -0.2) is 0 Å². The topological polar surface area (TPSA) is 20.2 Å². The fraction of sp³-hybridized carbons (Fsp3) is 0.571. The van der Waals surface area contributed by atoms with Crippen LogP contribution in [0.15, 0.2) is 18.2 Å². The van der Waals surface area contributed by atoms with Gasteiger partial charge in [0.2, 0.25) is 0 Å². The third-order valence-electron chi connectivity index (χ3n) is 3.10. The molecule has 0 saturated carbocycles. The highest BCUT2D eigenvalue weighted by Crippen LogP contribution is 2.16. The number of hydrogen-bond acceptors (Lipinski definition) is 1. The molecular weight excluding hydrogens is 240 g/mol. The SMILES string of the molecule is C[C@@H](O)c1cccc([Si](C)(C)C)c1[Si](C)(C)C. The highest BCUT2D eigenvalue weighted by molar-refractivity contribution is 6.98. The van der Waals surface area contributed by atoms with Crippen LogP contribution in [0.2, 0.25) is 39.3 Å². The summed E-state index contributed by atoms with van der Waals surface area (Å²) in [6.45, 7) is 16.2. The average molecular weight is 267 g/mol. The highest BCUT2D eigenvalue weighted by Gasteiger charge is 2.30. The molecule has 0 saturated heterocycles. The summed E-state index contributed by atoms with van der Waals surface area (Å²) < 4.78 is 0. The molecule has 0 aliphatic heterocycles. The molecule has 1 rings (SSSR count). The molecule has 0 radical (unpaired) electrons. The summed E-state index contributed by atoms with van der Waals surface area (Å²) in [6.07, 6.45) is -0.354. The number of hydrogen-bond donors (Lipinski definition) is 1. The minimum Gasteiger partial charge on any atom is -0.389 e. The van der Waals surface area contributed by atoms with Crippen LogP contribution in [0.1, 0.15) is 18.6 Å². The Morgan fingerprint density at radius 3 is 1.82 bits per heavy atom. The maximum Gasteiger partial charge on any atom is 0.0779 e. The molecule has 0 fully saturated rings. The van der Waals surface area contributed by atoms with Crippen LogP contribution in [0.5, 0.6) is 0 Å². The maximum absolute atomic E-state index is 10.00. The number of benzene rings is 1. The van der Waals surface area contributed by atoms with Crippen LogP contribution in [0.25, 0.3) is 0 Å². The molecule has 3 heteroatoms. The van der Waals surface area contributed by atoms with Gasteiger partial charge in [0.25, 0.3) is 0 Å². The van der Waals surface area contributed by atoms with Crippen LogP contribution in [0.3, 0.4) is 0 Å². The molecule has 0 amide bonds. The molecule has 1 atom stereocenters. The monoisotopic (exact) mass is 266 g/mol. The van der Waals surface area contributed by atoms with Crippen molar-refractivity contribution in [3.05, 3.63) is 23.8 Å². The normalized spacial score (nSPS) is 14.8. The number of rotatable bonds is 3. The molecule has 96 valence electrons. The highest BCUT2D eigenvalue weighted by atomic mass is 28.3. The van der Waals surface area contributed by atoms with Crippen molar-refractivity contribution in [3.8, 4) is 0 Å². The van der Waals surface area contributed by atoms with Gasteiger partial charge >= 0.3 is 0 Å². The second-order valence-corrected chi connectivity index (χ2v) is 17.0. The van der Waals surface area contributed by atoms with Gasteiger partial charge in [0.1, 0.15) is 0 Å². The first-order valence-corrected chi connectivity index (χ1v) is 13.4. The largest absolute Gasteiger partial charge is 0.389 e. The molecule has 0 unspecified atom stereocenters. The third kappa shape index (κ3) is 3.30. The lowest BCUT2D eigenvalue weighted by Gasteiger charge is -2.31. The first-order chi connectivity index (χ1) is 7.55. The molecule has 1 N–H and O–H groups in total. The van der Waals surface area contributed by atoms with Crippen molar-refractivity contribution < 1.29 is 5.11 Å². The molecule has 0 aromatic heterocycles. The third-order valence-corrected chi connectivity index (χ3v) is 7.45. The molecular formula is C14H26OSi2. The van der Waals surface area contributed by atoms with Crippen LogP contribution in [0, 0.1) is 0 Å². The van der Waals surface area contributed by atoms with Crippen LogP contribution >= 0.6 is 0 Å². The summed E-state index contributed by atoms with van der Waals surface area (Å²) in [5.74, 6) is 0. The lowest BCUT2D eigenvalue weighted by Crippen LogP contribution is -2.57. The predicted molar refractivity (Wildman–Crippen MR) is 83.0 cm³/mol. The Kier molecular flexibility index (Phi) is 4.06. The van der Waals surface area contributed by atoms with Crippen molar-refractivity contribution in [3.63, 3.8) is 0 Å². The smallest absolute Gasteiger partial charge is 0.0779 e. The van der Waals surface area contributed by atoms with E-state index in [4.69, 9.17) is 0 Å². The molecule has 17 heavy (non-hydrogen) atoms. The van der Waals surface area contributed by atoms with Crippen LogP contribution in [0.4, 0.5) is 0 Å². The van der Waals surface area contributed by atoms with Gasteiger partial charge in [0.05, 0.1) is 22.3 Å². The zero-order valence-electron chi connectivity index (χ0n) is 12.3. The van der Waals surface area contributed by atoms with E-state index in [2.05, 4.69) is 57.5 Å². The van der Waals surface area contributed by atoms with Crippen LogP contribution < -0.4 is 10.4 Å². The molecule has 1 nitrogen and oxygen atoms in total. The van der Waals surface area contributed by atoms with E-state index in [9.17, 15) is 5.11 Å². The van der Waals surface area contributed by atoms with E-state index in [-0.39, 0.29) is 6.10 Å². The molecule has 0 heterocycles. The van der Waals surface area contributed by atoms with Crippen molar-refractivity contribution in [2.45, 2.75) is 52.3 Å². The van der Waals surface area contributed by atoms with Gasteiger partial charge in [-0.1, -0.05) is 67.9 Å². The van der Waals surface area contributed by atoms with E-state index in [1.807, 2.05) is 6.92 Å². The van der Waals surface area contributed by atoms with E-state index in [1.165, 1.54) is 10.4 Å². The zero-order chi connectivity index (χ0) is 13.4. The molecule has 0 aliphatic carbocycles. The molecule has 0 bridgehead atoms. The lowest BCUT2D eigenvalue weighted by molar-refractivity contribution is 0.200. The van der Waals surface area contributed by atoms with Crippen LogP contribution in [-0.4, -0.2) is 21.3 Å². The Morgan fingerprint density at radius 1 is 0.941 bits per heavy atom. The predicted octanol–water partition coefficient (Wildman–Crippen LogP) is 2.83. The average Bonchev–Trinajstić information content (AvgIpc) is 2.13. The second-order valence-electron chi connectivity index (χ2n) is 6.95. The minimum atomic E-state index is -1.42. The summed E-state index contributed by atoms with van der Waals surface area (Å²) in [7, 11) is -2.76. The summed E-state index contributed by atoms with van der Waals surface area (Å²) >= 11 is 0. The van der Waals surface area contributed by atoms with E-state index >= 15 is 0 Å². The fourth-order valence-electron chi connectivity index (χ4n) is 2.38. The fourth-order valence-corrected chi connectivity index (χ4v) is 8.17. The Bertz CT molecular complexity index is 398. The minimum absolute atomic E-state index is 0.354. The van der Waals surface area contributed by atoms with Gasteiger partial charge in [-0.3, -0.25) is 0 Å². The summed E-state index contributed by atoms with van der Waals surface area (Å²) in [5.41, 5.74) is 1.16. The number of aliphatic hydroxyl groups is 1. The van der Waals surface area contributed by atoms with Crippen LogP contribution in [-0.2, 0) is 0 Å². The molecule has 1 aromatic carbocycles. The lowest BCUT2D eigenvalue weighted by atomic mass is 10.1. The Hall–Kier alpha value is -0.386. The van der Waals surface area contributed by atoms with E-state index in [0.29, 0.717) is 0 Å². The van der Waals surface area contributed by atoms with E-state index < -0.39 is 16.1 Å². The summed E-state index contributed by atoms with van der Waals surface area (Å²) in [5, 5.41) is 13.0. The zero-order valence-corrected chi connectivity index (χ0v) is 14.3. The van der Waals surface area contributed by atoms with E-state index in [1.54, 1.807) is 0 Å². The first-order valence-electron chi connectivity index (χ1n) is 6.37. The maximum atomic E-state index is 10.00. The summed E-state index contributed by atoms with van der Waals surface area (Å²) in [4.78, 5) is 0. The van der Waals surface area contributed by atoms with Gasteiger partial charge in [0.15, 0.2) is 0 Å². The molecule has 0 aliphatic rings. The van der Waals surface area contributed by atoms with Gasteiger partial charge in [-0.05, 0) is 12.5 Å². The second kappa shape index (κ2) is 4.71. The molecule has 1 aromatic rings. The first kappa shape index (κ1) is 14.7. The standard InChI is InChI=1S/C14H26OSi2/c1-11(15)12-9-8-10-13(16(2,3)4)14(12)17(5,6)7/h8-11,15H,1-7H3/t11-/m1/s1. The Morgan fingerprint density at radius 2 is 1.47 bits per heavy atom. The van der Waals surface area contributed by atoms with Gasteiger partial charge < -0.3 is 5.11 Å². The van der Waals surface area contributed by atoms with Crippen molar-refractivity contribution in [2.24, 2.45) is 0 Å². The van der Waals surface area contributed by atoms with Gasteiger partial charge in [-0.15, -0.1) is 0 Å². The number of aliphatic hydroxyl groups excluding tert-OH is 1. The van der Waals surface area contributed by atoms with Crippen molar-refractivity contribution in [1.82, 2.24) is 0 Å². The van der Waals surface area contributed by atoms with Crippen molar-refractivity contribution in [2.75, 3.05) is 0 Å². The Balaban J connectivity index is 3.58. The molecule has 0 spiro atoms. The van der Waals surface area contributed by atoms with Gasteiger partial charge in [0, 0.05) is 0 Å².